The Kier molecular flexibility index (Phi) is 4.29. The summed E-state index contributed by atoms with van der Waals surface area (Å²) in [6.45, 7) is 10.5. The Hall–Kier alpha value is -1.32. The van der Waals surface area contributed by atoms with Gasteiger partial charge < -0.3 is 9.84 Å². The van der Waals surface area contributed by atoms with E-state index in [-0.39, 0.29) is 5.57 Å². The van der Waals surface area contributed by atoms with Gasteiger partial charge in [-0.2, -0.15) is 0 Å². The topological polar surface area (TPSA) is 63.6 Å². The van der Waals surface area contributed by atoms with E-state index >= 15 is 0 Å². The van der Waals surface area contributed by atoms with Crippen molar-refractivity contribution in [3.63, 3.8) is 0 Å². The summed E-state index contributed by atoms with van der Waals surface area (Å²) in [4.78, 5) is 22.4. The molecule has 0 saturated heterocycles. The zero-order valence-electron chi connectivity index (χ0n) is 10.7. The second-order valence-electron chi connectivity index (χ2n) is 5.65. The van der Waals surface area contributed by atoms with Crippen LogP contribution in [0.1, 0.15) is 41.5 Å². The monoisotopic (exact) mass is 228 g/mol. The summed E-state index contributed by atoms with van der Waals surface area (Å²) in [7, 11) is 0. The molecule has 0 aliphatic carbocycles. The normalized spacial score (nSPS) is 13.5. The molecule has 0 spiro atoms. The van der Waals surface area contributed by atoms with E-state index in [0.717, 1.165) is 6.08 Å². The Morgan fingerprint density at radius 1 is 1.06 bits per heavy atom. The minimum atomic E-state index is -1.14. The molecule has 0 amide bonds. The average Bonchev–Trinajstić information content (AvgIpc) is 1.93. The maximum absolute atomic E-state index is 11.8. The maximum atomic E-state index is 11.8. The Morgan fingerprint density at radius 2 is 1.50 bits per heavy atom. The van der Waals surface area contributed by atoms with Crippen LogP contribution in [0.5, 0.6) is 0 Å². The number of carbonyl (C=O) groups is 2. The first-order valence-electron chi connectivity index (χ1n) is 5.12. The lowest BCUT2D eigenvalue weighted by Crippen LogP contribution is -2.29. The van der Waals surface area contributed by atoms with Gasteiger partial charge in [0.1, 0.15) is 5.60 Å². The van der Waals surface area contributed by atoms with Crippen molar-refractivity contribution in [3.8, 4) is 0 Å². The summed E-state index contributed by atoms with van der Waals surface area (Å²) >= 11 is 0. The van der Waals surface area contributed by atoms with Gasteiger partial charge in [-0.05, 0) is 26.2 Å². The number of ether oxygens (including phenoxy) is 1. The van der Waals surface area contributed by atoms with Crippen LogP contribution < -0.4 is 0 Å². The quantitative estimate of drug-likeness (QED) is 0.582. The molecule has 0 saturated carbocycles. The number of carbonyl (C=O) groups excluding carboxylic acids is 1. The Balaban J connectivity index is 5.10. The van der Waals surface area contributed by atoms with Gasteiger partial charge in [0, 0.05) is 11.6 Å². The third kappa shape index (κ3) is 5.53. The Morgan fingerprint density at radius 3 is 1.75 bits per heavy atom. The fourth-order valence-electron chi connectivity index (χ4n) is 1.04. The van der Waals surface area contributed by atoms with Crippen molar-refractivity contribution in [2.45, 2.75) is 47.1 Å². The number of esters is 1. The number of aliphatic carboxylic acids is 1. The van der Waals surface area contributed by atoms with Gasteiger partial charge >= 0.3 is 11.9 Å². The lowest BCUT2D eigenvalue weighted by atomic mass is 9.86. The molecule has 4 heteroatoms. The van der Waals surface area contributed by atoms with E-state index in [0.29, 0.717) is 0 Å². The van der Waals surface area contributed by atoms with E-state index in [1.165, 1.54) is 0 Å². The predicted molar refractivity (Wildman–Crippen MR) is 61.0 cm³/mol. The summed E-state index contributed by atoms with van der Waals surface area (Å²) in [5, 5.41) is 8.71. The number of hydrogen-bond acceptors (Lipinski definition) is 3. The minimum Gasteiger partial charge on any atom is -0.478 e. The molecule has 0 radical (unpaired) electrons. The molecular formula is C12H20O4. The maximum Gasteiger partial charge on any atom is 0.335 e. The SMILES string of the molecule is CC(C)(C)OC(=O)C(=CC(=O)O)C(C)(C)C. The van der Waals surface area contributed by atoms with Gasteiger partial charge in [0.05, 0.1) is 0 Å². The molecule has 0 atom stereocenters. The van der Waals surface area contributed by atoms with Crippen LogP contribution in [0.15, 0.2) is 11.6 Å². The molecule has 0 aromatic rings. The number of rotatable bonds is 2. The Bertz CT molecular complexity index is 313. The summed E-state index contributed by atoms with van der Waals surface area (Å²) in [6.07, 6.45) is 0.911. The molecule has 0 aliphatic rings. The molecule has 0 bridgehead atoms. The molecule has 16 heavy (non-hydrogen) atoms. The van der Waals surface area contributed by atoms with Crippen LogP contribution in [0.2, 0.25) is 0 Å². The van der Waals surface area contributed by atoms with E-state index in [9.17, 15) is 9.59 Å². The summed E-state index contributed by atoms with van der Waals surface area (Å²) < 4.78 is 5.16. The number of hydrogen-bond donors (Lipinski definition) is 1. The van der Waals surface area contributed by atoms with E-state index in [2.05, 4.69) is 0 Å². The summed E-state index contributed by atoms with van der Waals surface area (Å²) in [6, 6.07) is 0. The van der Waals surface area contributed by atoms with Gasteiger partial charge in [-0.3, -0.25) is 0 Å². The van der Waals surface area contributed by atoms with Crippen LogP contribution in [0.4, 0.5) is 0 Å². The smallest absolute Gasteiger partial charge is 0.335 e. The first-order valence-corrected chi connectivity index (χ1v) is 5.12. The highest BCUT2D eigenvalue weighted by molar-refractivity contribution is 5.96. The Labute approximate surface area is 96.3 Å². The van der Waals surface area contributed by atoms with Gasteiger partial charge in [-0.1, -0.05) is 20.8 Å². The molecule has 0 heterocycles. The predicted octanol–water partition coefficient (Wildman–Crippen LogP) is 2.39. The molecular weight excluding hydrogens is 208 g/mol. The van der Waals surface area contributed by atoms with Gasteiger partial charge in [0.2, 0.25) is 0 Å². The van der Waals surface area contributed by atoms with E-state index < -0.39 is 23.0 Å². The second kappa shape index (κ2) is 4.68. The van der Waals surface area contributed by atoms with Crippen molar-refractivity contribution in [1.29, 1.82) is 0 Å². The molecule has 0 aromatic carbocycles. The zero-order chi connectivity index (χ0) is 13.1. The van der Waals surface area contributed by atoms with Crippen molar-refractivity contribution < 1.29 is 19.4 Å². The summed E-state index contributed by atoms with van der Waals surface area (Å²) in [5.74, 6) is -1.72. The van der Waals surface area contributed by atoms with Crippen molar-refractivity contribution >= 4 is 11.9 Å². The highest BCUT2D eigenvalue weighted by Gasteiger charge is 2.29. The van der Waals surface area contributed by atoms with E-state index in [4.69, 9.17) is 9.84 Å². The molecule has 0 unspecified atom stereocenters. The largest absolute Gasteiger partial charge is 0.478 e. The first-order chi connectivity index (χ1) is 6.93. The fourth-order valence-corrected chi connectivity index (χ4v) is 1.04. The van der Waals surface area contributed by atoms with Crippen molar-refractivity contribution in [1.82, 2.24) is 0 Å². The highest BCUT2D eigenvalue weighted by atomic mass is 16.6. The van der Waals surface area contributed by atoms with Gasteiger partial charge in [0.15, 0.2) is 0 Å². The lowest BCUT2D eigenvalue weighted by Gasteiger charge is -2.26. The van der Waals surface area contributed by atoms with Crippen LogP contribution in [0, 0.1) is 5.41 Å². The van der Waals surface area contributed by atoms with Crippen LogP contribution in [0.3, 0.4) is 0 Å². The van der Waals surface area contributed by atoms with Gasteiger partial charge in [-0.25, -0.2) is 9.59 Å². The average molecular weight is 228 g/mol. The fraction of sp³-hybridized carbons (Fsp3) is 0.667. The second-order valence-corrected chi connectivity index (χ2v) is 5.65. The van der Waals surface area contributed by atoms with Crippen LogP contribution in [-0.4, -0.2) is 22.6 Å². The molecule has 1 N–H and O–H groups in total. The third-order valence-corrected chi connectivity index (χ3v) is 1.69. The van der Waals surface area contributed by atoms with Crippen molar-refractivity contribution in [3.05, 3.63) is 11.6 Å². The molecule has 0 aromatic heterocycles. The van der Waals surface area contributed by atoms with Gasteiger partial charge in [0.25, 0.3) is 0 Å². The molecule has 0 rings (SSSR count). The van der Waals surface area contributed by atoms with E-state index in [1.54, 1.807) is 41.5 Å². The van der Waals surface area contributed by atoms with Crippen molar-refractivity contribution in [2.75, 3.05) is 0 Å². The summed E-state index contributed by atoms with van der Waals surface area (Å²) in [5.41, 5.74) is -1.02. The molecule has 92 valence electrons. The standard InChI is InChI=1S/C12H20O4/c1-11(2,3)8(7-9(13)14)10(15)16-12(4,5)6/h7H,1-6H3,(H,13,14). The number of carboxylic acids is 1. The molecule has 0 fully saturated rings. The minimum absolute atomic E-state index is 0.162. The number of carboxylic acid groups (broad SMARTS) is 1. The first kappa shape index (κ1) is 14.7. The van der Waals surface area contributed by atoms with Gasteiger partial charge in [-0.15, -0.1) is 0 Å². The molecule has 4 nitrogen and oxygen atoms in total. The third-order valence-electron chi connectivity index (χ3n) is 1.69. The van der Waals surface area contributed by atoms with Crippen molar-refractivity contribution in [2.24, 2.45) is 5.41 Å². The van der Waals surface area contributed by atoms with Crippen LogP contribution in [-0.2, 0) is 14.3 Å². The lowest BCUT2D eigenvalue weighted by molar-refractivity contribution is -0.151. The van der Waals surface area contributed by atoms with Crippen LogP contribution >= 0.6 is 0 Å². The van der Waals surface area contributed by atoms with Crippen LogP contribution in [0.25, 0.3) is 0 Å². The molecule has 0 aliphatic heterocycles. The van der Waals surface area contributed by atoms with E-state index in [1.807, 2.05) is 0 Å². The zero-order valence-corrected chi connectivity index (χ0v) is 10.7. The highest BCUT2D eigenvalue weighted by Crippen LogP contribution is 2.27.